The van der Waals surface area contributed by atoms with Crippen LogP contribution in [0.1, 0.15) is 24.0 Å². The summed E-state index contributed by atoms with van der Waals surface area (Å²) in [4.78, 5) is 25.0. The monoisotopic (exact) mass is 331 g/mol. The van der Waals surface area contributed by atoms with Gasteiger partial charge in [-0.1, -0.05) is 17.8 Å². The average molecular weight is 331 g/mol. The average Bonchev–Trinajstić information content (AvgIpc) is 3.16. The smallest absolute Gasteiger partial charge is 0.239 e. The largest absolute Gasteiger partial charge is 0.282 e. The van der Waals surface area contributed by atoms with Gasteiger partial charge in [-0.2, -0.15) is 4.68 Å². The van der Waals surface area contributed by atoms with Crippen LogP contribution in [0.25, 0.3) is 5.69 Å². The highest BCUT2D eigenvalue weighted by molar-refractivity contribution is 7.99. The van der Waals surface area contributed by atoms with Gasteiger partial charge in [-0.25, -0.2) is 0 Å². The number of imide groups is 1. The zero-order valence-corrected chi connectivity index (χ0v) is 13.8. The zero-order chi connectivity index (χ0) is 16.4. The molecule has 0 bridgehead atoms. The first kappa shape index (κ1) is 15.7. The van der Waals surface area contributed by atoms with Crippen molar-refractivity contribution in [3.63, 3.8) is 0 Å². The fourth-order valence-corrected chi connectivity index (χ4v) is 3.17. The van der Waals surface area contributed by atoms with Gasteiger partial charge in [-0.05, 0) is 54.0 Å². The Morgan fingerprint density at radius 2 is 2.13 bits per heavy atom. The van der Waals surface area contributed by atoms with E-state index >= 15 is 0 Å². The number of carbonyl (C=O) groups is 2. The number of carbonyl (C=O) groups excluding carboxylic acids is 2. The van der Waals surface area contributed by atoms with Gasteiger partial charge >= 0.3 is 0 Å². The molecule has 0 unspecified atom stereocenters. The molecule has 1 saturated heterocycles. The molecule has 0 saturated carbocycles. The van der Waals surface area contributed by atoms with Crippen molar-refractivity contribution in [2.45, 2.75) is 31.8 Å². The van der Waals surface area contributed by atoms with Gasteiger partial charge in [0.1, 0.15) is 0 Å². The molecule has 1 aliphatic heterocycles. The molecule has 7 nitrogen and oxygen atoms in total. The molecule has 1 aliphatic rings. The second-order valence-electron chi connectivity index (χ2n) is 5.47. The van der Waals surface area contributed by atoms with Crippen LogP contribution in [0.3, 0.4) is 0 Å². The maximum atomic E-state index is 12.1. The predicted octanol–water partition coefficient (Wildman–Crippen LogP) is 1.52. The molecule has 0 N–H and O–H groups in total. The summed E-state index contributed by atoms with van der Waals surface area (Å²) in [5.41, 5.74) is 3.19. The predicted molar refractivity (Wildman–Crippen MR) is 85.3 cm³/mol. The van der Waals surface area contributed by atoms with E-state index in [0.29, 0.717) is 18.1 Å². The Kier molecular flexibility index (Phi) is 4.42. The highest BCUT2D eigenvalue weighted by Crippen LogP contribution is 2.21. The number of amides is 2. The highest BCUT2D eigenvalue weighted by atomic mass is 32.2. The van der Waals surface area contributed by atoms with Gasteiger partial charge in [-0.3, -0.25) is 14.5 Å². The standard InChI is InChI=1S/C15H17N5O2S/c1-10-5-6-12(8-11(10)2)20-15(16-17-18-20)23-9-14(22)19-7-3-4-13(19)21/h5-6,8H,3-4,7,9H2,1-2H3. The van der Waals surface area contributed by atoms with Gasteiger partial charge in [0.25, 0.3) is 0 Å². The summed E-state index contributed by atoms with van der Waals surface area (Å²) < 4.78 is 1.61. The third-order valence-corrected chi connectivity index (χ3v) is 4.78. The summed E-state index contributed by atoms with van der Waals surface area (Å²) in [6, 6.07) is 5.95. The summed E-state index contributed by atoms with van der Waals surface area (Å²) in [6.45, 7) is 4.58. The molecule has 0 atom stereocenters. The van der Waals surface area contributed by atoms with Crippen molar-refractivity contribution in [3.05, 3.63) is 29.3 Å². The van der Waals surface area contributed by atoms with E-state index in [2.05, 4.69) is 15.5 Å². The molecule has 120 valence electrons. The highest BCUT2D eigenvalue weighted by Gasteiger charge is 2.26. The van der Waals surface area contributed by atoms with E-state index in [9.17, 15) is 9.59 Å². The Labute approximate surface area is 138 Å². The molecule has 0 spiro atoms. The second kappa shape index (κ2) is 6.49. The number of nitrogens with zero attached hydrogens (tertiary/aromatic N) is 5. The van der Waals surface area contributed by atoms with Crippen LogP contribution in [-0.2, 0) is 9.59 Å². The minimum atomic E-state index is -0.188. The summed E-state index contributed by atoms with van der Waals surface area (Å²) in [6.07, 6.45) is 1.20. The van der Waals surface area contributed by atoms with Gasteiger partial charge in [0.15, 0.2) is 0 Å². The lowest BCUT2D eigenvalue weighted by molar-refractivity contribution is -0.140. The molecule has 8 heteroatoms. The van der Waals surface area contributed by atoms with Crippen LogP contribution < -0.4 is 0 Å². The van der Waals surface area contributed by atoms with Crippen LogP contribution in [0.4, 0.5) is 0 Å². The lowest BCUT2D eigenvalue weighted by Crippen LogP contribution is -2.33. The first-order valence-electron chi connectivity index (χ1n) is 7.38. The molecule has 1 fully saturated rings. The maximum absolute atomic E-state index is 12.1. The fourth-order valence-electron chi connectivity index (χ4n) is 2.40. The Morgan fingerprint density at radius 3 is 2.83 bits per heavy atom. The molecule has 3 rings (SSSR count). The van der Waals surface area contributed by atoms with E-state index < -0.39 is 0 Å². The quantitative estimate of drug-likeness (QED) is 0.790. The first-order chi connectivity index (χ1) is 11.1. The molecule has 2 aromatic rings. The molecule has 1 aromatic heterocycles. The normalized spacial score (nSPS) is 14.5. The van der Waals surface area contributed by atoms with Crippen LogP contribution >= 0.6 is 11.8 Å². The number of benzene rings is 1. The molecule has 23 heavy (non-hydrogen) atoms. The van der Waals surface area contributed by atoms with Crippen molar-refractivity contribution >= 4 is 23.6 Å². The number of rotatable bonds is 4. The van der Waals surface area contributed by atoms with Crippen molar-refractivity contribution in [1.29, 1.82) is 0 Å². The number of likely N-dealkylation sites (tertiary alicyclic amines) is 1. The Bertz CT molecular complexity index is 758. The summed E-state index contributed by atoms with van der Waals surface area (Å²) in [5, 5.41) is 12.2. The first-order valence-corrected chi connectivity index (χ1v) is 8.37. The summed E-state index contributed by atoms with van der Waals surface area (Å²) in [7, 11) is 0. The Hall–Kier alpha value is -2.22. The summed E-state index contributed by atoms with van der Waals surface area (Å²) in [5.74, 6) is -0.131. The van der Waals surface area contributed by atoms with Crippen molar-refractivity contribution < 1.29 is 9.59 Å². The van der Waals surface area contributed by atoms with Gasteiger partial charge in [0.05, 0.1) is 11.4 Å². The van der Waals surface area contributed by atoms with E-state index in [-0.39, 0.29) is 17.6 Å². The second-order valence-corrected chi connectivity index (χ2v) is 6.42. The number of hydrogen-bond donors (Lipinski definition) is 0. The van der Waals surface area contributed by atoms with Crippen LogP contribution in [0.5, 0.6) is 0 Å². The van der Waals surface area contributed by atoms with Crippen molar-refractivity contribution in [2.24, 2.45) is 0 Å². The van der Waals surface area contributed by atoms with Crippen LogP contribution in [0.15, 0.2) is 23.4 Å². The van der Waals surface area contributed by atoms with E-state index in [1.807, 2.05) is 32.0 Å². The molecular weight excluding hydrogens is 314 g/mol. The minimum Gasteiger partial charge on any atom is -0.282 e. The van der Waals surface area contributed by atoms with Crippen molar-refractivity contribution in [1.82, 2.24) is 25.1 Å². The molecule has 0 radical (unpaired) electrons. The zero-order valence-electron chi connectivity index (χ0n) is 13.0. The van der Waals surface area contributed by atoms with Gasteiger partial charge in [0.2, 0.25) is 17.0 Å². The van der Waals surface area contributed by atoms with E-state index in [1.165, 1.54) is 22.2 Å². The molecule has 1 aromatic carbocycles. The number of hydrogen-bond acceptors (Lipinski definition) is 6. The van der Waals surface area contributed by atoms with Crippen LogP contribution in [0, 0.1) is 13.8 Å². The molecule has 2 amide bonds. The van der Waals surface area contributed by atoms with Crippen molar-refractivity contribution in [2.75, 3.05) is 12.3 Å². The summed E-state index contributed by atoms with van der Waals surface area (Å²) >= 11 is 1.24. The van der Waals surface area contributed by atoms with Gasteiger partial charge in [-0.15, -0.1) is 5.10 Å². The fraction of sp³-hybridized carbons (Fsp3) is 0.400. The van der Waals surface area contributed by atoms with E-state index in [4.69, 9.17) is 0 Å². The number of tetrazole rings is 1. The lowest BCUT2D eigenvalue weighted by Gasteiger charge is -2.12. The minimum absolute atomic E-state index is 0.0932. The number of thioether (sulfide) groups is 1. The SMILES string of the molecule is Cc1ccc(-n2nnnc2SCC(=O)N2CCCC2=O)cc1C. The lowest BCUT2D eigenvalue weighted by atomic mass is 10.1. The van der Waals surface area contributed by atoms with Crippen LogP contribution in [-0.4, -0.2) is 49.2 Å². The molecular formula is C15H17N5O2S. The maximum Gasteiger partial charge on any atom is 0.239 e. The molecule has 0 aliphatic carbocycles. The topological polar surface area (TPSA) is 81.0 Å². The third kappa shape index (κ3) is 3.26. The van der Waals surface area contributed by atoms with E-state index in [0.717, 1.165) is 17.7 Å². The Morgan fingerprint density at radius 1 is 1.30 bits per heavy atom. The van der Waals surface area contributed by atoms with E-state index in [1.54, 1.807) is 4.68 Å². The number of aromatic nitrogens is 4. The van der Waals surface area contributed by atoms with Crippen LogP contribution in [0.2, 0.25) is 0 Å². The number of aryl methyl sites for hydroxylation is 2. The van der Waals surface area contributed by atoms with Gasteiger partial charge < -0.3 is 0 Å². The third-order valence-electron chi connectivity index (χ3n) is 3.88. The van der Waals surface area contributed by atoms with Gasteiger partial charge in [0, 0.05) is 13.0 Å². The van der Waals surface area contributed by atoms with Crippen molar-refractivity contribution in [3.8, 4) is 5.69 Å². The molecule has 2 heterocycles. The Balaban J connectivity index is 1.72.